The molecule has 0 aromatic heterocycles. The summed E-state index contributed by atoms with van der Waals surface area (Å²) in [5, 5.41) is 0. The third kappa shape index (κ3) is 2.68. The molecule has 1 aromatic carbocycles. The molecule has 0 spiro atoms. The highest BCUT2D eigenvalue weighted by Crippen LogP contribution is 2.35. The van der Waals surface area contributed by atoms with Crippen molar-refractivity contribution in [3.05, 3.63) is 29.8 Å². The Labute approximate surface area is 110 Å². The van der Waals surface area contributed by atoms with Gasteiger partial charge >= 0.3 is 0 Å². The van der Waals surface area contributed by atoms with Crippen molar-refractivity contribution in [2.24, 2.45) is 5.73 Å². The SMILES string of the molecule is CCCN1CCCC(N)C1c1ccccc1OC. The molecule has 3 heteroatoms. The van der Waals surface area contributed by atoms with E-state index in [0.29, 0.717) is 6.04 Å². The molecule has 2 atom stereocenters. The van der Waals surface area contributed by atoms with E-state index in [9.17, 15) is 0 Å². The maximum Gasteiger partial charge on any atom is 0.123 e. The average molecular weight is 248 g/mol. The van der Waals surface area contributed by atoms with Crippen molar-refractivity contribution in [3.8, 4) is 5.75 Å². The number of nitrogens with two attached hydrogens (primary N) is 1. The Morgan fingerprint density at radius 3 is 2.89 bits per heavy atom. The topological polar surface area (TPSA) is 38.5 Å². The number of nitrogens with zero attached hydrogens (tertiary/aromatic N) is 1. The molecular formula is C15H24N2O. The van der Waals surface area contributed by atoms with E-state index < -0.39 is 0 Å². The number of likely N-dealkylation sites (tertiary alicyclic amines) is 1. The molecule has 2 N–H and O–H groups in total. The maximum atomic E-state index is 6.36. The highest BCUT2D eigenvalue weighted by Gasteiger charge is 2.31. The number of benzene rings is 1. The Morgan fingerprint density at radius 2 is 2.17 bits per heavy atom. The largest absolute Gasteiger partial charge is 0.496 e. The molecule has 100 valence electrons. The summed E-state index contributed by atoms with van der Waals surface area (Å²) in [6.45, 7) is 4.47. The van der Waals surface area contributed by atoms with Crippen LogP contribution in [-0.2, 0) is 0 Å². The predicted molar refractivity (Wildman–Crippen MR) is 74.8 cm³/mol. The molecule has 0 saturated carbocycles. The Hall–Kier alpha value is -1.06. The van der Waals surface area contributed by atoms with E-state index in [-0.39, 0.29) is 6.04 Å². The van der Waals surface area contributed by atoms with Gasteiger partial charge in [-0.2, -0.15) is 0 Å². The lowest BCUT2D eigenvalue weighted by atomic mass is 9.90. The lowest BCUT2D eigenvalue weighted by Crippen LogP contribution is -2.46. The van der Waals surface area contributed by atoms with Crippen LogP contribution >= 0.6 is 0 Å². The van der Waals surface area contributed by atoms with Crippen molar-refractivity contribution in [1.29, 1.82) is 0 Å². The Balaban J connectivity index is 2.31. The molecule has 2 unspecified atom stereocenters. The Bertz CT molecular complexity index is 379. The minimum Gasteiger partial charge on any atom is -0.496 e. The fourth-order valence-corrected chi connectivity index (χ4v) is 2.97. The van der Waals surface area contributed by atoms with Gasteiger partial charge in [-0.1, -0.05) is 25.1 Å². The Kier molecular flexibility index (Phi) is 4.61. The van der Waals surface area contributed by atoms with Crippen molar-refractivity contribution in [2.75, 3.05) is 20.2 Å². The van der Waals surface area contributed by atoms with E-state index >= 15 is 0 Å². The second kappa shape index (κ2) is 6.21. The van der Waals surface area contributed by atoms with Crippen molar-refractivity contribution in [2.45, 2.75) is 38.3 Å². The second-order valence-electron chi connectivity index (χ2n) is 5.03. The van der Waals surface area contributed by atoms with E-state index in [2.05, 4.69) is 24.0 Å². The molecule has 0 aliphatic carbocycles. The van der Waals surface area contributed by atoms with Gasteiger partial charge in [0.1, 0.15) is 5.75 Å². The fourth-order valence-electron chi connectivity index (χ4n) is 2.97. The zero-order valence-corrected chi connectivity index (χ0v) is 11.4. The van der Waals surface area contributed by atoms with E-state index in [1.807, 2.05) is 12.1 Å². The molecule has 1 aliphatic heterocycles. The first-order chi connectivity index (χ1) is 8.77. The fraction of sp³-hybridized carbons (Fsp3) is 0.600. The number of hydrogen-bond donors (Lipinski definition) is 1. The summed E-state index contributed by atoms with van der Waals surface area (Å²) < 4.78 is 5.49. The maximum absolute atomic E-state index is 6.36. The summed E-state index contributed by atoms with van der Waals surface area (Å²) in [7, 11) is 1.73. The number of methoxy groups -OCH3 is 1. The molecule has 18 heavy (non-hydrogen) atoms. The summed E-state index contributed by atoms with van der Waals surface area (Å²) in [6, 6.07) is 8.78. The minimum absolute atomic E-state index is 0.210. The standard InChI is InChI=1S/C15H24N2O/c1-3-10-17-11-6-8-13(16)15(17)12-7-4-5-9-14(12)18-2/h4-5,7,9,13,15H,3,6,8,10-11,16H2,1-2H3. The molecule has 1 saturated heterocycles. The molecule has 0 bridgehead atoms. The number of para-hydroxylation sites is 1. The number of piperidine rings is 1. The lowest BCUT2D eigenvalue weighted by Gasteiger charge is -2.40. The monoisotopic (exact) mass is 248 g/mol. The highest BCUT2D eigenvalue weighted by molar-refractivity contribution is 5.37. The van der Waals surface area contributed by atoms with E-state index in [0.717, 1.165) is 25.3 Å². The lowest BCUT2D eigenvalue weighted by molar-refractivity contribution is 0.126. The van der Waals surface area contributed by atoms with E-state index in [1.165, 1.54) is 18.4 Å². The predicted octanol–water partition coefficient (Wildman–Crippen LogP) is 2.57. The van der Waals surface area contributed by atoms with Crippen molar-refractivity contribution in [1.82, 2.24) is 4.90 Å². The minimum atomic E-state index is 0.210. The average Bonchev–Trinajstić information content (AvgIpc) is 2.39. The van der Waals surface area contributed by atoms with E-state index in [4.69, 9.17) is 10.5 Å². The van der Waals surface area contributed by atoms with Crippen LogP contribution in [-0.4, -0.2) is 31.1 Å². The van der Waals surface area contributed by atoms with Gasteiger partial charge < -0.3 is 10.5 Å². The molecule has 2 rings (SSSR count). The first-order valence-corrected chi connectivity index (χ1v) is 6.90. The number of rotatable bonds is 4. The third-order valence-corrected chi connectivity index (χ3v) is 3.75. The molecule has 0 amide bonds. The second-order valence-corrected chi connectivity index (χ2v) is 5.03. The number of hydrogen-bond acceptors (Lipinski definition) is 3. The van der Waals surface area contributed by atoms with Crippen LogP contribution in [0, 0.1) is 0 Å². The summed E-state index contributed by atoms with van der Waals surface area (Å²) in [6.07, 6.45) is 3.47. The van der Waals surface area contributed by atoms with Crippen LogP contribution in [0.15, 0.2) is 24.3 Å². The van der Waals surface area contributed by atoms with Gasteiger partial charge in [-0.25, -0.2) is 0 Å². The normalized spacial score (nSPS) is 25.1. The molecule has 0 radical (unpaired) electrons. The molecule has 1 aliphatic rings. The summed E-state index contributed by atoms with van der Waals surface area (Å²) in [5.74, 6) is 0.959. The van der Waals surface area contributed by atoms with Crippen molar-refractivity contribution in [3.63, 3.8) is 0 Å². The van der Waals surface area contributed by atoms with Gasteiger partial charge in [-0.15, -0.1) is 0 Å². The van der Waals surface area contributed by atoms with Gasteiger partial charge in [0.05, 0.1) is 13.2 Å². The van der Waals surface area contributed by atoms with Gasteiger partial charge in [-0.3, -0.25) is 4.90 Å². The quantitative estimate of drug-likeness (QED) is 0.890. The molecule has 1 fully saturated rings. The summed E-state index contributed by atoms with van der Waals surface area (Å²) >= 11 is 0. The molecule has 3 nitrogen and oxygen atoms in total. The third-order valence-electron chi connectivity index (χ3n) is 3.75. The van der Waals surface area contributed by atoms with Crippen molar-refractivity contribution < 1.29 is 4.74 Å². The van der Waals surface area contributed by atoms with Crippen molar-refractivity contribution >= 4 is 0 Å². The zero-order chi connectivity index (χ0) is 13.0. The van der Waals surface area contributed by atoms with E-state index in [1.54, 1.807) is 7.11 Å². The summed E-state index contributed by atoms with van der Waals surface area (Å²) in [5.41, 5.74) is 7.59. The molecular weight excluding hydrogens is 224 g/mol. The van der Waals surface area contributed by atoms with Crippen LogP contribution in [0.5, 0.6) is 5.75 Å². The Morgan fingerprint density at radius 1 is 1.39 bits per heavy atom. The van der Waals surface area contributed by atoms with Gasteiger partial charge in [0.15, 0.2) is 0 Å². The molecule has 1 aromatic rings. The first kappa shape index (κ1) is 13.4. The van der Waals surface area contributed by atoms with Crippen LogP contribution in [0.3, 0.4) is 0 Å². The van der Waals surface area contributed by atoms with Crippen LogP contribution < -0.4 is 10.5 Å². The van der Waals surface area contributed by atoms with Gasteiger partial charge in [-0.05, 0) is 38.4 Å². The van der Waals surface area contributed by atoms with Crippen LogP contribution in [0.4, 0.5) is 0 Å². The molecule has 1 heterocycles. The van der Waals surface area contributed by atoms with Crippen LogP contribution in [0.2, 0.25) is 0 Å². The zero-order valence-electron chi connectivity index (χ0n) is 11.4. The first-order valence-electron chi connectivity index (χ1n) is 6.90. The van der Waals surface area contributed by atoms with Gasteiger partial charge in [0.2, 0.25) is 0 Å². The number of ether oxygens (including phenoxy) is 1. The van der Waals surface area contributed by atoms with Crippen LogP contribution in [0.1, 0.15) is 37.8 Å². The highest BCUT2D eigenvalue weighted by atomic mass is 16.5. The van der Waals surface area contributed by atoms with Crippen LogP contribution in [0.25, 0.3) is 0 Å². The van der Waals surface area contributed by atoms with Gasteiger partial charge in [0.25, 0.3) is 0 Å². The smallest absolute Gasteiger partial charge is 0.123 e. The van der Waals surface area contributed by atoms with Gasteiger partial charge in [0, 0.05) is 11.6 Å². The summed E-state index contributed by atoms with van der Waals surface area (Å²) in [4.78, 5) is 2.51.